The van der Waals surface area contributed by atoms with Crippen LogP contribution in [0.25, 0.3) is 0 Å². The van der Waals surface area contributed by atoms with Crippen molar-refractivity contribution in [1.82, 2.24) is 0 Å². The number of hydrogen-bond donors (Lipinski definition) is 0. The topological polar surface area (TPSA) is 38.8 Å². The lowest BCUT2D eigenvalue weighted by molar-refractivity contribution is -0.117. The van der Waals surface area contributed by atoms with E-state index in [1.54, 1.807) is 4.90 Å². The fraction of sp³-hybridized carbons (Fsp3) is 0.417. The second-order valence-corrected chi connectivity index (χ2v) is 4.72. The summed E-state index contributed by atoms with van der Waals surface area (Å²) in [6.45, 7) is 1.58. The van der Waals surface area contributed by atoms with Gasteiger partial charge in [-0.25, -0.2) is 0 Å². The average Bonchev–Trinajstić information content (AvgIpc) is 2.68. The summed E-state index contributed by atoms with van der Waals surface area (Å²) in [6.07, 6.45) is 0.381. The molecule has 2 heterocycles. The quantitative estimate of drug-likeness (QED) is 0.717. The van der Waals surface area contributed by atoms with Crippen molar-refractivity contribution >= 4 is 23.2 Å². The smallest absolute Gasteiger partial charge is 0.228 e. The summed E-state index contributed by atoms with van der Waals surface area (Å²) >= 11 is 6.00. The largest absolute Gasteiger partial charge is 0.486 e. The van der Waals surface area contributed by atoms with Crippen molar-refractivity contribution in [2.45, 2.75) is 11.8 Å². The van der Waals surface area contributed by atoms with Crippen LogP contribution in [0.3, 0.4) is 0 Å². The third kappa shape index (κ3) is 1.82. The molecule has 2 aliphatic heterocycles. The normalized spacial score (nSPS) is 23.0. The number of amides is 1. The Morgan fingerprint density at radius 3 is 2.88 bits per heavy atom. The number of para-hydroxylation sites is 1. The van der Waals surface area contributed by atoms with Crippen molar-refractivity contribution < 1.29 is 14.3 Å². The molecular formula is C12H12ClNO3. The molecule has 1 aromatic rings. The van der Waals surface area contributed by atoms with Gasteiger partial charge in [0.1, 0.15) is 13.2 Å². The molecule has 0 aliphatic carbocycles. The minimum atomic E-state index is -0.122. The summed E-state index contributed by atoms with van der Waals surface area (Å²) in [6, 6.07) is 5.56. The summed E-state index contributed by atoms with van der Waals surface area (Å²) in [4.78, 5) is 13.5. The number of benzene rings is 1. The second kappa shape index (κ2) is 4.11. The number of ether oxygens (including phenoxy) is 2. The zero-order chi connectivity index (χ0) is 11.8. The number of rotatable bonds is 1. The Labute approximate surface area is 104 Å². The van der Waals surface area contributed by atoms with Crippen LogP contribution < -0.4 is 14.4 Å². The highest BCUT2D eigenvalue weighted by atomic mass is 35.5. The molecule has 90 valence electrons. The first-order valence-corrected chi connectivity index (χ1v) is 6.02. The second-order valence-electron chi connectivity index (χ2n) is 4.11. The predicted molar refractivity (Wildman–Crippen MR) is 64.0 cm³/mol. The zero-order valence-corrected chi connectivity index (χ0v) is 9.94. The van der Waals surface area contributed by atoms with Gasteiger partial charge in [-0.3, -0.25) is 4.79 Å². The molecule has 0 aromatic heterocycles. The average molecular weight is 254 g/mol. The molecule has 0 saturated carbocycles. The van der Waals surface area contributed by atoms with Crippen LogP contribution in [0.1, 0.15) is 6.42 Å². The van der Waals surface area contributed by atoms with Gasteiger partial charge in [-0.2, -0.15) is 0 Å². The van der Waals surface area contributed by atoms with Crippen molar-refractivity contribution in [1.29, 1.82) is 0 Å². The number of hydrogen-bond acceptors (Lipinski definition) is 3. The molecule has 2 aliphatic rings. The minimum absolute atomic E-state index is 0.0348. The predicted octanol–water partition coefficient (Wildman–Crippen LogP) is 1.80. The molecule has 1 amide bonds. The Morgan fingerprint density at radius 2 is 2.12 bits per heavy atom. The van der Waals surface area contributed by atoms with Gasteiger partial charge in [0.15, 0.2) is 11.5 Å². The molecule has 1 fully saturated rings. The monoisotopic (exact) mass is 253 g/mol. The van der Waals surface area contributed by atoms with Gasteiger partial charge in [-0.05, 0) is 12.1 Å². The van der Waals surface area contributed by atoms with Gasteiger partial charge in [0.2, 0.25) is 5.91 Å². The number of alkyl halides is 1. The molecule has 1 atom stereocenters. The van der Waals surface area contributed by atoms with Gasteiger partial charge in [0.05, 0.1) is 11.1 Å². The first-order chi connectivity index (χ1) is 8.25. The minimum Gasteiger partial charge on any atom is -0.486 e. The van der Waals surface area contributed by atoms with E-state index in [-0.39, 0.29) is 11.3 Å². The van der Waals surface area contributed by atoms with Gasteiger partial charge in [0.25, 0.3) is 0 Å². The van der Waals surface area contributed by atoms with Gasteiger partial charge >= 0.3 is 0 Å². The van der Waals surface area contributed by atoms with E-state index < -0.39 is 0 Å². The highest BCUT2D eigenvalue weighted by Gasteiger charge is 2.32. The lowest BCUT2D eigenvalue weighted by Gasteiger charge is -2.25. The number of nitrogens with zero attached hydrogens (tertiary/aromatic N) is 1. The standard InChI is InChI=1S/C12H12ClNO3/c13-8-6-11(15)14(7-8)9-2-1-3-10-12(9)17-5-4-16-10/h1-3,8H,4-7H2. The first kappa shape index (κ1) is 10.7. The molecule has 0 spiro atoms. The van der Waals surface area contributed by atoms with Gasteiger partial charge < -0.3 is 14.4 Å². The Balaban J connectivity index is 2.00. The maximum Gasteiger partial charge on any atom is 0.228 e. The van der Waals surface area contributed by atoms with E-state index in [9.17, 15) is 4.79 Å². The van der Waals surface area contributed by atoms with E-state index in [2.05, 4.69) is 0 Å². The maximum atomic E-state index is 11.8. The lowest BCUT2D eigenvalue weighted by Crippen LogP contribution is -2.26. The van der Waals surface area contributed by atoms with Crippen LogP contribution in [-0.2, 0) is 4.79 Å². The van der Waals surface area contributed by atoms with Crippen LogP contribution in [0.5, 0.6) is 11.5 Å². The number of carbonyl (C=O) groups is 1. The van der Waals surface area contributed by atoms with Crippen LogP contribution in [0, 0.1) is 0 Å². The van der Waals surface area contributed by atoms with Crippen LogP contribution in [0.2, 0.25) is 0 Å². The van der Waals surface area contributed by atoms with E-state index >= 15 is 0 Å². The van der Waals surface area contributed by atoms with E-state index in [4.69, 9.17) is 21.1 Å². The molecule has 3 rings (SSSR count). The van der Waals surface area contributed by atoms with E-state index in [1.165, 1.54) is 0 Å². The van der Waals surface area contributed by atoms with E-state index in [0.29, 0.717) is 37.7 Å². The zero-order valence-electron chi connectivity index (χ0n) is 9.19. The third-order valence-electron chi connectivity index (χ3n) is 2.91. The highest BCUT2D eigenvalue weighted by molar-refractivity contribution is 6.24. The van der Waals surface area contributed by atoms with Gasteiger partial charge in [0, 0.05) is 13.0 Å². The summed E-state index contributed by atoms with van der Waals surface area (Å²) in [7, 11) is 0. The Morgan fingerprint density at radius 1 is 1.29 bits per heavy atom. The number of carbonyl (C=O) groups excluding carboxylic acids is 1. The first-order valence-electron chi connectivity index (χ1n) is 5.59. The number of halogens is 1. The van der Waals surface area contributed by atoms with Crippen LogP contribution in [0.15, 0.2) is 18.2 Å². The summed E-state index contributed by atoms with van der Waals surface area (Å²) < 4.78 is 11.1. The Bertz CT molecular complexity index is 463. The summed E-state index contributed by atoms with van der Waals surface area (Å²) in [5, 5.41) is -0.122. The molecule has 1 saturated heterocycles. The lowest BCUT2D eigenvalue weighted by atomic mass is 10.2. The molecule has 1 unspecified atom stereocenters. The van der Waals surface area contributed by atoms with Crippen molar-refractivity contribution in [3.63, 3.8) is 0 Å². The van der Waals surface area contributed by atoms with Crippen LogP contribution in [-0.4, -0.2) is 31.0 Å². The molecule has 5 heteroatoms. The highest BCUT2D eigenvalue weighted by Crippen LogP contribution is 2.41. The van der Waals surface area contributed by atoms with Crippen molar-refractivity contribution in [3.8, 4) is 11.5 Å². The molecule has 0 bridgehead atoms. The van der Waals surface area contributed by atoms with Crippen molar-refractivity contribution in [3.05, 3.63) is 18.2 Å². The third-order valence-corrected chi connectivity index (χ3v) is 3.21. The van der Waals surface area contributed by atoms with E-state index in [0.717, 1.165) is 5.69 Å². The number of anilines is 1. The molecule has 4 nitrogen and oxygen atoms in total. The summed E-state index contributed by atoms with van der Waals surface area (Å²) in [5.74, 6) is 1.38. The van der Waals surface area contributed by atoms with Crippen LogP contribution in [0.4, 0.5) is 5.69 Å². The molecule has 0 radical (unpaired) electrons. The molecule has 17 heavy (non-hydrogen) atoms. The van der Waals surface area contributed by atoms with Gasteiger partial charge in [-0.15, -0.1) is 11.6 Å². The number of fused-ring (bicyclic) bond motifs is 1. The maximum absolute atomic E-state index is 11.8. The summed E-state index contributed by atoms with van der Waals surface area (Å²) in [5.41, 5.74) is 0.760. The molecule has 1 aromatic carbocycles. The van der Waals surface area contributed by atoms with Gasteiger partial charge in [-0.1, -0.05) is 6.07 Å². The van der Waals surface area contributed by atoms with Crippen LogP contribution >= 0.6 is 11.6 Å². The van der Waals surface area contributed by atoms with Crippen molar-refractivity contribution in [2.75, 3.05) is 24.7 Å². The fourth-order valence-corrected chi connectivity index (χ4v) is 2.44. The molecule has 0 N–H and O–H groups in total. The SMILES string of the molecule is O=C1CC(Cl)CN1c1cccc2c1OCCO2. The molecular weight excluding hydrogens is 242 g/mol. The fourth-order valence-electron chi connectivity index (χ4n) is 2.17. The van der Waals surface area contributed by atoms with Crippen molar-refractivity contribution in [2.24, 2.45) is 0 Å². The Kier molecular flexibility index (Phi) is 2.59. The Hall–Kier alpha value is -1.42. The van der Waals surface area contributed by atoms with E-state index in [1.807, 2.05) is 18.2 Å².